The zero-order chi connectivity index (χ0) is 23.5. The van der Waals surface area contributed by atoms with Crippen molar-refractivity contribution in [1.82, 2.24) is 9.97 Å². The van der Waals surface area contributed by atoms with Crippen LogP contribution in [-0.4, -0.2) is 28.8 Å². The van der Waals surface area contributed by atoms with Gasteiger partial charge >= 0.3 is 0 Å². The summed E-state index contributed by atoms with van der Waals surface area (Å²) in [4.78, 5) is 36.3. The molecule has 1 aliphatic heterocycles. The van der Waals surface area contributed by atoms with Crippen molar-refractivity contribution in [1.29, 1.82) is 0 Å². The van der Waals surface area contributed by atoms with Gasteiger partial charge in [-0.3, -0.25) is 9.59 Å². The molecule has 2 aromatic heterocycles. The fourth-order valence-corrected chi connectivity index (χ4v) is 3.90. The summed E-state index contributed by atoms with van der Waals surface area (Å²) in [5.41, 5.74) is 4.45. The summed E-state index contributed by atoms with van der Waals surface area (Å²) < 4.78 is 0. The van der Waals surface area contributed by atoms with E-state index in [1.807, 2.05) is 48.5 Å². The highest BCUT2D eigenvalue weighted by molar-refractivity contribution is 6.09. The standard InChI is InChI=1S/C26H22N6O2/c1-27-24-19(8-6-14-28-24)25(33)31-23-13-12-17(15-29-23)26(34)32-16-18-7-2-3-9-20(18)30-21-10-4-5-11-22(21)32/h2-15,30H,16H2,1H3,(H,27,28)(H,29,31,33). The molecule has 2 amide bonds. The van der Waals surface area contributed by atoms with Gasteiger partial charge in [-0.15, -0.1) is 0 Å². The Morgan fingerprint density at radius 2 is 1.71 bits per heavy atom. The van der Waals surface area contributed by atoms with Crippen molar-refractivity contribution >= 4 is 40.5 Å². The molecule has 34 heavy (non-hydrogen) atoms. The number of anilines is 5. The maximum Gasteiger partial charge on any atom is 0.260 e. The highest BCUT2D eigenvalue weighted by Crippen LogP contribution is 2.36. The number of para-hydroxylation sites is 3. The predicted molar refractivity (Wildman–Crippen MR) is 133 cm³/mol. The van der Waals surface area contributed by atoms with E-state index in [1.54, 1.807) is 42.4 Å². The lowest BCUT2D eigenvalue weighted by molar-refractivity contribution is 0.0984. The van der Waals surface area contributed by atoms with Crippen LogP contribution in [0.4, 0.5) is 28.7 Å². The molecule has 0 radical (unpaired) electrons. The summed E-state index contributed by atoms with van der Waals surface area (Å²) in [6.07, 6.45) is 3.09. The number of pyridine rings is 2. The molecule has 0 fully saturated rings. The van der Waals surface area contributed by atoms with E-state index in [9.17, 15) is 9.59 Å². The summed E-state index contributed by atoms with van der Waals surface area (Å²) >= 11 is 0. The molecular weight excluding hydrogens is 428 g/mol. The van der Waals surface area contributed by atoms with Gasteiger partial charge in [-0.05, 0) is 48.0 Å². The fraction of sp³-hybridized carbons (Fsp3) is 0.0769. The van der Waals surface area contributed by atoms with Crippen molar-refractivity contribution in [2.45, 2.75) is 6.54 Å². The third-order valence-corrected chi connectivity index (χ3v) is 5.60. The molecule has 168 valence electrons. The van der Waals surface area contributed by atoms with Crippen molar-refractivity contribution < 1.29 is 9.59 Å². The van der Waals surface area contributed by atoms with E-state index in [-0.39, 0.29) is 11.8 Å². The number of aromatic nitrogens is 2. The van der Waals surface area contributed by atoms with E-state index in [2.05, 4.69) is 25.9 Å². The van der Waals surface area contributed by atoms with Gasteiger partial charge in [0.1, 0.15) is 11.6 Å². The lowest BCUT2D eigenvalue weighted by Crippen LogP contribution is -2.30. The second kappa shape index (κ2) is 9.03. The Morgan fingerprint density at radius 1 is 0.912 bits per heavy atom. The Kier molecular flexibility index (Phi) is 5.61. The van der Waals surface area contributed by atoms with Crippen LogP contribution >= 0.6 is 0 Å². The number of hydrogen-bond donors (Lipinski definition) is 3. The van der Waals surface area contributed by atoms with Crippen LogP contribution in [0.25, 0.3) is 0 Å². The molecule has 5 rings (SSSR count). The molecule has 1 aliphatic rings. The zero-order valence-electron chi connectivity index (χ0n) is 18.4. The highest BCUT2D eigenvalue weighted by Gasteiger charge is 2.25. The van der Waals surface area contributed by atoms with E-state index in [1.165, 1.54) is 6.20 Å². The molecule has 0 spiro atoms. The van der Waals surface area contributed by atoms with Crippen LogP contribution < -0.4 is 20.9 Å². The van der Waals surface area contributed by atoms with Crippen molar-refractivity contribution in [3.63, 3.8) is 0 Å². The minimum absolute atomic E-state index is 0.180. The number of carbonyl (C=O) groups is 2. The average molecular weight is 451 g/mol. The molecule has 8 nitrogen and oxygen atoms in total. The van der Waals surface area contributed by atoms with Crippen LogP contribution in [0.5, 0.6) is 0 Å². The van der Waals surface area contributed by atoms with Crippen LogP contribution in [0.2, 0.25) is 0 Å². The number of amides is 2. The van der Waals surface area contributed by atoms with Crippen molar-refractivity contribution in [3.8, 4) is 0 Å². The van der Waals surface area contributed by atoms with E-state index in [0.717, 1.165) is 22.6 Å². The number of fused-ring (bicyclic) bond motifs is 2. The van der Waals surface area contributed by atoms with Crippen molar-refractivity contribution in [2.24, 2.45) is 0 Å². The number of nitrogens with one attached hydrogen (secondary N) is 3. The quantitative estimate of drug-likeness (QED) is 0.418. The minimum atomic E-state index is -0.340. The second-order valence-electron chi connectivity index (χ2n) is 7.73. The van der Waals surface area contributed by atoms with E-state index < -0.39 is 0 Å². The first kappa shape index (κ1) is 21.1. The molecule has 2 aromatic carbocycles. The fourth-order valence-electron chi connectivity index (χ4n) is 3.90. The normalized spacial score (nSPS) is 12.0. The van der Waals surface area contributed by atoms with Crippen LogP contribution in [-0.2, 0) is 6.54 Å². The molecular formula is C26H22N6O2. The second-order valence-corrected chi connectivity index (χ2v) is 7.73. The summed E-state index contributed by atoms with van der Waals surface area (Å²) in [6, 6.07) is 22.3. The van der Waals surface area contributed by atoms with E-state index >= 15 is 0 Å². The molecule has 0 atom stereocenters. The molecule has 0 bridgehead atoms. The lowest BCUT2D eigenvalue weighted by Gasteiger charge is -2.22. The summed E-state index contributed by atoms with van der Waals surface area (Å²) in [6.45, 7) is 0.422. The molecule has 0 unspecified atom stereocenters. The first-order valence-electron chi connectivity index (χ1n) is 10.8. The van der Waals surface area contributed by atoms with Gasteiger partial charge < -0.3 is 20.9 Å². The van der Waals surface area contributed by atoms with Crippen molar-refractivity contribution in [3.05, 3.63) is 102 Å². The number of carbonyl (C=O) groups excluding carboxylic acids is 2. The van der Waals surface area contributed by atoms with Gasteiger partial charge in [0.05, 0.1) is 29.0 Å². The van der Waals surface area contributed by atoms with Crippen molar-refractivity contribution in [2.75, 3.05) is 27.9 Å². The number of hydrogen-bond acceptors (Lipinski definition) is 6. The first-order valence-corrected chi connectivity index (χ1v) is 10.8. The number of nitrogens with zero attached hydrogens (tertiary/aromatic N) is 3. The SMILES string of the molecule is CNc1ncccc1C(=O)Nc1ccc(C(=O)N2Cc3ccccc3Nc3ccccc32)cn1. The smallest absolute Gasteiger partial charge is 0.260 e. The average Bonchev–Trinajstić information content (AvgIpc) is 3.05. The molecule has 4 aromatic rings. The lowest BCUT2D eigenvalue weighted by atomic mass is 10.1. The summed E-state index contributed by atoms with van der Waals surface area (Å²) in [5, 5.41) is 9.08. The third kappa shape index (κ3) is 4.04. The van der Waals surface area contributed by atoms with Gasteiger partial charge in [0, 0.05) is 25.1 Å². The summed E-state index contributed by atoms with van der Waals surface area (Å²) in [5.74, 6) is 0.297. The number of rotatable bonds is 4. The Morgan fingerprint density at radius 3 is 2.50 bits per heavy atom. The molecule has 0 saturated heterocycles. The van der Waals surface area contributed by atoms with Crippen LogP contribution in [0, 0.1) is 0 Å². The molecule has 8 heteroatoms. The highest BCUT2D eigenvalue weighted by atomic mass is 16.2. The van der Waals surface area contributed by atoms with Gasteiger partial charge in [-0.2, -0.15) is 0 Å². The van der Waals surface area contributed by atoms with Gasteiger partial charge in [0.15, 0.2) is 0 Å². The van der Waals surface area contributed by atoms with Gasteiger partial charge in [0.2, 0.25) is 0 Å². The zero-order valence-corrected chi connectivity index (χ0v) is 18.4. The summed E-state index contributed by atoms with van der Waals surface area (Å²) in [7, 11) is 1.70. The predicted octanol–water partition coefficient (Wildman–Crippen LogP) is 4.67. The van der Waals surface area contributed by atoms with Gasteiger partial charge in [0.25, 0.3) is 11.8 Å². The van der Waals surface area contributed by atoms with Crippen LogP contribution in [0.1, 0.15) is 26.3 Å². The Hall–Kier alpha value is -4.72. The molecule has 0 aliphatic carbocycles. The van der Waals surface area contributed by atoms with Crippen LogP contribution in [0.15, 0.2) is 85.2 Å². The molecule has 3 heterocycles. The van der Waals surface area contributed by atoms with Crippen LogP contribution in [0.3, 0.4) is 0 Å². The van der Waals surface area contributed by atoms with E-state index in [4.69, 9.17) is 0 Å². The molecule has 3 N–H and O–H groups in total. The number of benzene rings is 2. The van der Waals surface area contributed by atoms with Gasteiger partial charge in [-0.1, -0.05) is 30.3 Å². The third-order valence-electron chi connectivity index (χ3n) is 5.60. The monoisotopic (exact) mass is 450 g/mol. The largest absolute Gasteiger partial charge is 0.372 e. The Labute approximate surface area is 196 Å². The molecule has 0 saturated carbocycles. The van der Waals surface area contributed by atoms with E-state index in [0.29, 0.717) is 29.3 Å². The topological polar surface area (TPSA) is 99.2 Å². The van der Waals surface area contributed by atoms with Gasteiger partial charge in [-0.25, -0.2) is 9.97 Å². The maximum atomic E-state index is 13.5. The minimum Gasteiger partial charge on any atom is -0.372 e. The Balaban J connectivity index is 1.39. The Bertz CT molecular complexity index is 1370. The maximum absolute atomic E-state index is 13.5. The first-order chi connectivity index (χ1) is 16.6.